The van der Waals surface area contributed by atoms with Gasteiger partial charge in [0.05, 0.1) is 15.5 Å². The van der Waals surface area contributed by atoms with Gasteiger partial charge in [0.25, 0.3) is 5.91 Å². The molecule has 1 aliphatic heterocycles. The topological polar surface area (TPSA) is 66.5 Å². The Morgan fingerprint density at radius 2 is 1.69 bits per heavy atom. The number of halogens is 1. The summed E-state index contributed by atoms with van der Waals surface area (Å²) in [6.07, 6.45) is 3.78. The molecule has 156 valence electrons. The third kappa shape index (κ3) is 5.00. The Hall–Kier alpha value is -1.89. The molecule has 1 saturated heterocycles. The van der Waals surface area contributed by atoms with Crippen molar-refractivity contribution in [2.45, 2.75) is 50.3 Å². The predicted octanol–water partition coefficient (Wildman–Crippen LogP) is 5.28. The van der Waals surface area contributed by atoms with Crippen molar-refractivity contribution in [3.05, 3.63) is 58.6 Å². The SMILES string of the molecule is CC(C)c1ccccc1NC(=O)c1cc(S(=O)(=O)N2CCCCCC2)ccc1Cl. The van der Waals surface area contributed by atoms with E-state index >= 15 is 0 Å². The summed E-state index contributed by atoms with van der Waals surface area (Å²) >= 11 is 6.25. The van der Waals surface area contributed by atoms with Crippen molar-refractivity contribution < 1.29 is 13.2 Å². The van der Waals surface area contributed by atoms with E-state index in [1.807, 2.05) is 38.1 Å². The van der Waals surface area contributed by atoms with Gasteiger partial charge in [-0.05, 0) is 48.6 Å². The lowest BCUT2D eigenvalue weighted by atomic mass is 10.0. The highest BCUT2D eigenvalue weighted by Gasteiger charge is 2.26. The van der Waals surface area contributed by atoms with Gasteiger partial charge in [-0.1, -0.05) is 56.5 Å². The lowest BCUT2D eigenvalue weighted by Gasteiger charge is -2.20. The summed E-state index contributed by atoms with van der Waals surface area (Å²) in [6.45, 7) is 5.11. The van der Waals surface area contributed by atoms with Crippen LogP contribution in [0.2, 0.25) is 5.02 Å². The van der Waals surface area contributed by atoms with E-state index < -0.39 is 15.9 Å². The van der Waals surface area contributed by atoms with Gasteiger partial charge < -0.3 is 5.32 Å². The van der Waals surface area contributed by atoms with Crippen LogP contribution in [0.1, 0.15) is 61.4 Å². The van der Waals surface area contributed by atoms with Crippen LogP contribution in [0.25, 0.3) is 0 Å². The number of carbonyl (C=O) groups is 1. The first-order chi connectivity index (χ1) is 13.8. The third-order valence-corrected chi connectivity index (χ3v) is 7.44. The molecule has 0 bridgehead atoms. The van der Waals surface area contributed by atoms with Gasteiger partial charge in [0.15, 0.2) is 0 Å². The van der Waals surface area contributed by atoms with Crippen LogP contribution in [0.5, 0.6) is 0 Å². The maximum Gasteiger partial charge on any atom is 0.257 e. The van der Waals surface area contributed by atoms with E-state index in [-0.39, 0.29) is 21.4 Å². The molecule has 7 heteroatoms. The minimum Gasteiger partial charge on any atom is -0.322 e. The predicted molar refractivity (Wildman–Crippen MR) is 117 cm³/mol. The zero-order chi connectivity index (χ0) is 21.0. The molecule has 29 heavy (non-hydrogen) atoms. The highest BCUT2D eigenvalue weighted by atomic mass is 35.5. The summed E-state index contributed by atoms with van der Waals surface area (Å²) in [6, 6.07) is 11.9. The second-order valence-corrected chi connectivity index (χ2v) is 10.0. The number of hydrogen-bond acceptors (Lipinski definition) is 3. The number of amides is 1. The van der Waals surface area contributed by atoms with Crippen LogP contribution in [0.15, 0.2) is 47.4 Å². The molecule has 0 aliphatic carbocycles. The van der Waals surface area contributed by atoms with Crippen LogP contribution in [-0.2, 0) is 10.0 Å². The number of rotatable bonds is 5. The van der Waals surface area contributed by atoms with Gasteiger partial charge in [-0.15, -0.1) is 0 Å². The van der Waals surface area contributed by atoms with Crippen molar-refractivity contribution in [2.75, 3.05) is 18.4 Å². The largest absolute Gasteiger partial charge is 0.322 e. The van der Waals surface area contributed by atoms with E-state index in [1.165, 1.54) is 22.5 Å². The number of hydrogen-bond donors (Lipinski definition) is 1. The molecule has 1 heterocycles. The molecular formula is C22H27ClN2O3S. The number of benzene rings is 2. The van der Waals surface area contributed by atoms with Crippen molar-refractivity contribution in [3.63, 3.8) is 0 Å². The number of sulfonamides is 1. The summed E-state index contributed by atoms with van der Waals surface area (Å²) in [5.41, 5.74) is 1.86. The van der Waals surface area contributed by atoms with Gasteiger partial charge >= 0.3 is 0 Å². The van der Waals surface area contributed by atoms with E-state index in [0.29, 0.717) is 18.8 Å². The molecule has 5 nitrogen and oxygen atoms in total. The standard InChI is InChI=1S/C22H27ClN2O3S/c1-16(2)18-9-5-6-10-21(18)24-22(26)19-15-17(11-12-20(19)23)29(27,28)25-13-7-3-4-8-14-25/h5-6,9-12,15-16H,3-4,7-8,13-14H2,1-2H3,(H,24,26). The Bertz CT molecular complexity index is 981. The molecule has 0 spiro atoms. The van der Waals surface area contributed by atoms with Crippen LogP contribution in [0, 0.1) is 0 Å². The van der Waals surface area contributed by atoms with E-state index in [0.717, 1.165) is 31.2 Å². The molecule has 0 unspecified atom stereocenters. The average Bonchev–Trinajstić information content (AvgIpc) is 2.98. The minimum atomic E-state index is -3.66. The second kappa shape index (κ2) is 9.28. The number of nitrogens with one attached hydrogen (secondary N) is 1. The van der Waals surface area contributed by atoms with Crippen molar-refractivity contribution in [1.29, 1.82) is 0 Å². The summed E-state index contributed by atoms with van der Waals surface area (Å²) in [7, 11) is -3.66. The van der Waals surface area contributed by atoms with Gasteiger partial charge in [0.2, 0.25) is 10.0 Å². The van der Waals surface area contributed by atoms with Gasteiger partial charge in [-0.3, -0.25) is 4.79 Å². The Labute approximate surface area is 178 Å². The first-order valence-corrected chi connectivity index (χ1v) is 11.8. The van der Waals surface area contributed by atoms with Crippen LogP contribution in [0.4, 0.5) is 5.69 Å². The van der Waals surface area contributed by atoms with E-state index in [1.54, 1.807) is 0 Å². The van der Waals surface area contributed by atoms with Crippen LogP contribution in [-0.4, -0.2) is 31.7 Å². The fraction of sp³-hybridized carbons (Fsp3) is 0.409. The third-order valence-electron chi connectivity index (χ3n) is 5.22. The van der Waals surface area contributed by atoms with Crippen LogP contribution in [0.3, 0.4) is 0 Å². The number of nitrogens with zero attached hydrogens (tertiary/aromatic N) is 1. The zero-order valence-corrected chi connectivity index (χ0v) is 18.4. The Kier molecular flexibility index (Phi) is 6.98. The number of carbonyl (C=O) groups excluding carboxylic acids is 1. The lowest BCUT2D eigenvalue weighted by Crippen LogP contribution is -2.32. The lowest BCUT2D eigenvalue weighted by molar-refractivity contribution is 0.102. The van der Waals surface area contributed by atoms with Gasteiger partial charge in [0.1, 0.15) is 0 Å². The van der Waals surface area contributed by atoms with Crippen molar-refractivity contribution >= 4 is 33.2 Å². The van der Waals surface area contributed by atoms with Gasteiger partial charge in [-0.25, -0.2) is 8.42 Å². The van der Waals surface area contributed by atoms with Crippen molar-refractivity contribution in [2.24, 2.45) is 0 Å². The number of anilines is 1. The molecule has 2 aromatic carbocycles. The molecule has 0 aromatic heterocycles. The molecule has 0 saturated carbocycles. The zero-order valence-electron chi connectivity index (χ0n) is 16.8. The van der Waals surface area contributed by atoms with Crippen molar-refractivity contribution in [3.8, 4) is 0 Å². The number of para-hydroxylation sites is 1. The van der Waals surface area contributed by atoms with Gasteiger partial charge in [0, 0.05) is 18.8 Å². The molecular weight excluding hydrogens is 408 g/mol. The van der Waals surface area contributed by atoms with E-state index in [9.17, 15) is 13.2 Å². The van der Waals surface area contributed by atoms with Gasteiger partial charge in [-0.2, -0.15) is 4.31 Å². The minimum absolute atomic E-state index is 0.103. The summed E-state index contributed by atoms with van der Waals surface area (Å²) in [4.78, 5) is 13.0. The highest BCUT2D eigenvalue weighted by molar-refractivity contribution is 7.89. The summed E-state index contributed by atoms with van der Waals surface area (Å²) in [5.74, 6) is -0.187. The maximum absolute atomic E-state index is 13.1. The molecule has 1 N–H and O–H groups in total. The van der Waals surface area contributed by atoms with Crippen LogP contribution >= 0.6 is 11.6 Å². The fourth-order valence-electron chi connectivity index (χ4n) is 3.57. The molecule has 2 aromatic rings. The fourth-order valence-corrected chi connectivity index (χ4v) is 5.32. The molecule has 0 atom stereocenters. The molecule has 3 rings (SSSR count). The quantitative estimate of drug-likeness (QED) is 0.696. The smallest absolute Gasteiger partial charge is 0.257 e. The Balaban J connectivity index is 1.90. The monoisotopic (exact) mass is 434 g/mol. The molecule has 1 fully saturated rings. The van der Waals surface area contributed by atoms with Crippen molar-refractivity contribution in [1.82, 2.24) is 4.31 Å². The average molecular weight is 435 g/mol. The Morgan fingerprint density at radius 3 is 2.34 bits per heavy atom. The summed E-state index contributed by atoms with van der Waals surface area (Å²) in [5, 5.41) is 3.11. The highest BCUT2D eigenvalue weighted by Crippen LogP contribution is 2.28. The van der Waals surface area contributed by atoms with E-state index in [4.69, 9.17) is 11.6 Å². The molecule has 1 aliphatic rings. The molecule has 0 radical (unpaired) electrons. The first-order valence-electron chi connectivity index (χ1n) is 10.0. The maximum atomic E-state index is 13.1. The second-order valence-electron chi connectivity index (χ2n) is 7.66. The normalized spacial score (nSPS) is 15.9. The van der Waals surface area contributed by atoms with E-state index in [2.05, 4.69) is 5.32 Å². The molecule has 1 amide bonds. The van der Waals surface area contributed by atoms with Crippen LogP contribution < -0.4 is 5.32 Å². The summed E-state index contributed by atoms with van der Waals surface area (Å²) < 4.78 is 27.7. The first kappa shape index (κ1) is 21.8. The Morgan fingerprint density at radius 1 is 1.03 bits per heavy atom.